The molecule has 1 aliphatic rings. The van der Waals surface area contributed by atoms with E-state index < -0.39 is 0 Å². The Morgan fingerprint density at radius 1 is 1.10 bits per heavy atom. The van der Waals surface area contributed by atoms with Crippen LogP contribution in [0.5, 0.6) is 11.5 Å². The van der Waals surface area contributed by atoms with Crippen molar-refractivity contribution >= 4 is 28.5 Å². The number of aromatic amines is 1. The summed E-state index contributed by atoms with van der Waals surface area (Å²) < 4.78 is 5.85. The summed E-state index contributed by atoms with van der Waals surface area (Å²) in [5.74, 6) is 1.46. The lowest BCUT2D eigenvalue weighted by molar-refractivity contribution is -0.128. The molecule has 1 fully saturated rings. The van der Waals surface area contributed by atoms with Gasteiger partial charge in [-0.3, -0.25) is 9.59 Å². The highest BCUT2D eigenvalue weighted by molar-refractivity contribution is 6.18. The third-order valence-electron chi connectivity index (χ3n) is 7.07. The van der Waals surface area contributed by atoms with Gasteiger partial charge in [0.2, 0.25) is 5.70 Å². The molecule has 1 aliphatic heterocycles. The quantitative estimate of drug-likeness (QED) is 0.164. The van der Waals surface area contributed by atoms with Gasteiger partial charge in [-0.25, -0.2) is 14.8 Å². The van der Waals surface area contributed by atoms with Crippen LogP contribution in [0.25, 0.3) is 15.9 Å². The molecule has 0 aliphatic carbocycles. The molecule has 1 amide bonds. The summed E-state index contributed by atoms with van der Waals surface area (Å²) in [5, 5.41) is 3.98. The van der Waals surface area contributed by atoms with Crippen molar-refractivity contribution in [3.05, 3.63) is 101 Å². The van der Waals surface area contributed by atoms with Crippen LogP contribution in [0.15, 0.2) is 78.9 Å². The summed E-state index contributed by atoms with van der Waals surface area (Å²) in [7, 11) is 0. The molecule has 1 saturated heterocycles. The third-order valence-corrected chi connectivity index (χ3v) is 7.07. The number of aromatic nitrogens is 3. The second kappa shape index (κ2) is 12.3. The number of amides is 1. The fourth-order valence-electron chi connectivity index (χ4n) is 4.98. The molecule has 0 spiro atoms. The van der Waals surface area contributed by atoms with Crippen molar-refractivity contribution in [1.29, 1.82) is 0 Å². The lowest BCUT2D eigenvalue weighted by Crippen LogP contribution is -2.44. The lowest BCUT2D eigenvalue weighted by Gasteiger charge is -2.30. The van der Waals surface area contributed by atoms with Gasteiger partial charge in [0.1, 0.15) is 29.3 Å². The Bertz CT molecular complexity index is 1570. The van der Waals surface area contributed by atoms with Crippen molar-refractivity contribution in [3.63, 3.8) is 0 Å². The summed E-state index contributed by atoms with van der Waals surface area (Å²) in [6.45, 7) is 10.1. The van der Waals surface area contributed by atoms with Crippen LogP contribution in [-0.4, -0.2) is 50.7 Å². The average molecular weight is 535 g/mol. The molecule has 5 rings (SSSR count). The van der Waals surface area contributed by atoms with Crippen LogP contribution in [0.3, 0.4) is 0 Å². The molecule has 0 radical (unpaired) electrons. The number of hydrogen-bond acceptors (Lipinski definition) is 6. The molecule has 1 atom stereocenters. The molecule has 1 unspecified atom stereocenters. The molecule has 2 N–H and O–H groups in total. The fourth-order valence-corrected chi connectivity index (χ4v) is 4.98. The number of H-pyrrole nitrogens is 1. The van der Waals surface area contributed by atoms with Gasteiger partial charge in [-0.05, 0) is 49.2 Å². The first-order chi connectivity index (χ1) is 19.6. The van der Waals surface area contributed by atoms with E-state index in [-0.39, 0.29) is 23.4 Å². The third kappa shape index (κ3) is 5.71. The Kier molecular flexibility index (Phi) is 8.16. The zero-order valence-electron chi connectivity index (χ0n) is 22.3. The molecule has 2 aromatic carbocycles. The van der Waals surface area contributed by atoms with E-state index in [1.807, 2.05) is 30.3 Å². The van der Waals surface area contributed by atoms with E-state index in [0.29, 0.717) is 46.8 Å². The number of hydrogen-bond donors (Lipinski definition) is 2. The van der Waals surface area contributed by atoms with Crippen LogP contribution < -0.4 is 10.1 Å². The number of allylic oxidation sites excluding steroid dienone is 1. The van der Waals surface area contributed by atoms with E-state index in [4.69, 9.17) is 11.3 Å². The smallest absolute Gasteiger partial charge is 0.252 e. The molecule has 0 bridgehead atoms. The monoisotopic (exact) mass is 534 g/mol. The maximum absolute atomic E-state index is 13.5. The topological polar surface area (TPSA) is 105 Å². The Labute approximate surface area is 232 Å². The van der Waals surface area contributed by atoms with E-state index in [1.165, 1.54) is 6.33 Å². The molecular formula is C31H30N6O3. The maximum Gasteiger partial charge on any atom is 0.252 e. The highest BCUT2D eigenvalue weighted by atomic mass is 16.5. The highest BCUT2D eigenvalue weighted by Crippen LogP contribution is 2.28. The van der Waals surface area contributed by atoms with Gasteiger partial charge in [0.15, 0.2) is 5.78 Å². The lowest BCUT2D eigenvalue weighted by atomic mass is 10.0. The van der Waals surface area contributed by atoms with Crippen LogP contribution in [-0.2, 0) is 4.79 Å². The van der Waals surface area contributed by atoms with Gasteiger partial charge in [-0.1, -0.05) is 44.0 Å². The van der Waals surface area contributed by atoms with Crippen LogP contribution >= 0.6 is 0 Å². The minimum Gasteiger partial charge on any atom is -0.457 e. The molecule has 202 valence electrons. The van der Waals surface area contributed by atoms with Gasteiger partial charge in [-0.15, -0.1) is 0 Å². The van der Waals surface area contributed by atoms with Crippen LogP contribution in [0, 0.1) is 6.57 Å². The number of nitrogens with zero attached hydrogens (tertiary/aromatic N) is 4. The molecule has 3 heterocycles. The second-order valence-corrected chi connectivity index (χ2v) is 9.59. The molecule has 4 aromatic rings. The van der Waals surface area contributed by atoms with Gasteiger partial charge in [0.25, 0.3) is 5.91 Å². The van der Waals surface area contributed by atoms with Gasteiger partial charge >= 0.3 is 0 Å². The molecule has 9 nitrogen and oxygen atoms in total. The first-order valence-corrected chi connectivity index (χ1v) is 13.4. The number of anilines is 1. The standard InChI is InChI=1S/C31H30N6O3/c1-3-26(32-2)31(39)37-17-9-5-6-10-22(37)18-33-29-27-25(19-34-30(27)36-20-35-29)28(38)21-13-15-24(16-14-21)40-23-11-7-4-8-12-23/h3-4,7-8,11-16,19-20,22H,5-6,9-10,17-18H2,1H3,(H2,33,34,35,36)/b26-3-. The molecule has 40 heavy (non-hydrogen) atoms. The number of benzene rings is 2. The second-order valence-electron chi connectivity index (χ2n) is 9.59. The van der Waals surface area contributed by atoms with Gasteiger partial charge < -0.3 is 19.9 Å². The van der Waals surface area contributed by atoms with E-state index in [0.717, 1.165) is 31.4 Å². The summed E-state index contributed by atoms with van der Waals surface area (Å²) in [4.78, 5) is 43.7. The maximum atomic E-state index is 13.5. The number of nitrogens with one attached hydrogen (secondary N) is 2. The van der Waals surface area contributed by atoms with Crippen molar-refractivity contribution < 1.29 is 14.3 Å². The minimum atomic E-state index is -0.240. The van der Waals surface area contributed by atoms with Crippen LogP contribution in [0.1, 0.15) is 48.5 Å². The summed E-state index contributed by atoms with van der Waals surface area (Å²) in [6, 6.07) is 16.4. The summed E-state index contributed by atoms with van der Waals surface area (Å²) >= 11 is 0. The number of rotatable bonds is 8. The normalized spacial score (nSPS) is 15.8. The van der Waals surface area contributed by atoms with E-state index in [9.17, 15) is 9.59 Å². The Hall–Kier alpha value is -4.97. The first kappa shape index (κ1) is 26.6. The molecule has 9 heteroatoms. The Morgan fingerprint density at radius 2 is 1.88 bits per heavy atom. The molecular weight excluding hydrogens is 504 g/mol. The van der Waals surface area contributed by atoms with Gasteiger partial charge in [0, 0.05) is 30.9 Å². The molecule has 2 aromatic heterocycles. The number of ether oxygens (including phenoxy) is 1. The Balaban J connectivity index is 1.36. The van der Waals surface area contributed by atoms with Crippen LogP contribution in [0.2, 0.25) is 0 Å². The molecule has 0 saturated carbocycles. The summed E-state index contributed by atoms with van der Waals surface area (Å²) in [6.07, 6.45) is 8.41. The van der Waals surface area contributed by atoms with E-state index in [1.54, 1.807) is 48.4 Å². The number of para-hydroxylation sites is 1. The van der Waals surface area contributed by atoms with Crippen LogP contribution in [0.4, 0.5) is 5.82 Å². The predicted molar refractivity (Wildman–Crippen MR) is 153 cm³/mol. The number of carbonyl (C=O) groups is 2. The van der Waals surface area contributed by atoms with Crippen molar-refractivity contribution in [2.45, 2.75) is 38.6 Å². The van der Waals surface area contributed by atoms with Crippen molar-refractivity contribution in [2.75, 3.05) is 18.4 Å². The van der Waals surface area contributed by atoms with Crippen molar-refractivity contribution in [3.8, 4) is 11.5 Å². The number of carbonyl (C=O) groups excluding carboxylic acids is 2. The Morgan fingerprint density at radius 3 is 2.62 bits per heavy atom. The predicted octanol–water partition coefficient (Wildman–Crippen LogP) is 5.99. The fraction of sp³-hybridized carbons (Fsp3) is 0.258. The van der Waals surface area contributed by atoms with Crippen molar-refractivity contribution in [1.82, 2.24) is 19.9 Å². The zero-order chi connectivity index (χ0) is 27.9. The SMILES string of the molecule is [C-]#[N+]/C(=C\C)C(=O)N1CCCCCC1CNc1ncnc2[nH]cc(C(=O)c3ccc(Oc4ccccc4)cc3)c12. The number of likely N-dealkylation sites (tertiary alicyclic amines) is 1. The minimum absolute atomic E-state index is 0.105. The van der Waals surface area contributed by atoms with Gasteiger partial charge in [-0.2, -0.15) is 0 Å². The van der Waals surface area contributed by atoms with Crippen molar-refractivity contribution in [2.24, 2.45) is 0 Å². The largest absolute Gasteiger partial charge is 0.457 e. The highest BCUT2D eigenvalue weighted by Gasteiger charge is 2.28. The van der Waals surface area contributed by atoms with E-state index >= 15 is 0 Å². The zero-order valence-corrected chi connectivity index (χ0v) is 22.3. The van der Waals surface area contributed by atoms with Gasteiger partial charge in [0.05, 0.1) is 17.5 Å². The first-order valence-electron chi connectivity index (χ1n) is 13.4. The number of fused-ring (bicyclic) bond motifs is 1. The van der Waals surface area contributed by atoms with E-state index in [2.05, 4.69) is 25.1 Å². The number of ketones is 1. The summed E-state index contributed by atoms with van der Waals surface area (Å²) in [5.41, 5.74) is 1.64. The average Bonchev–Trinajstić information content (AvgIpc) is 3.29.